The van der Waals surface area contributed by atoms with Gasteiger partial charge in [-0.15, -0.1) is 0 Å². The van der Waals surface area contributed by atoms with Crippen LogP contribution in [0.2, 0.25) is 0 Å². The molecule has 146 valence electrons. The second-order valence-electron chi connectivity index (χ2n) is 8.18. The Hall–Kier alpha value is -0.460. The van der Waals surface area contributed by atoms with E-state index in [0.29, 0.717) is 18.2 Å². The number of nitrogens with one attached hydrogen (secondary N) is 2. The van der Waals surface area contributed by atoms with Crippen LogP contribution in [0.3, 0.4) is 0 Å². The molecule has 0 aromatic heterocycles. The maximum Gasteiger partial charge on any atom is 0.191 e. The second-order valence-corrected chi connectivity index (χ2v) is 9.32. The lowest BCUT2D eigenvalue weighted by molar-refractivity contribution is -0.0939. The van der Waals surface area contributed by atoms with E-state index in [9.17, 15) is 0 Å². The van der Waals surface area contributed by atoms with Gasteiger partial charge in [-0.2, -0.15) is 11.8 Å². The highest BCUT2D eigenvalue weighted by Gasteiger charge is 2.33. The standard InChI is InChI=1S/C19H38N4OS/c1-7-20-18(22-16-8-9-17(10-16)25-6)21-13-19(4,5)23-11-14(2)24-15(3)12-23/h14-17H,7-13H2,1-6H3,(H2,20,21,22). The second kappa shape index (κ2) is 9.47. The third kappa shape index (κ3) is 6.33. The number of ether oxygens (including phenoxy) is 1. The smallest absolute Gasteiger partial charge is 0.191 e. The molecule has 0 radical (unpaired) electrons. The van der Waals surface area contributed by atoms with Crippen LogP contribution in [0, 0.1) is 0 Å². The number of hydrogen-bond acceptors (Lipinski definition) is 4. The van der Waals surface area contributed by atoms with Crippen molar-refractivity contribution >= 4 is 17.7 Å². The van der Waals surface area contributed by atoms with Crippen LogP contribution in [0.4, 0.5) is 0 Å². The zero-order valence-electron chi connectivity index (χ0n) is 17.0. The largest absolute Gasteiger partial charge is 0.373 e. The summed E-state index contributed by atoms with van der Waals surface area (Å²) in [6, 6.07) is 0.557. The third-order valence-electron chi connectivity index (χ3n) is 5.30. The molecule has 1 saturated heterocycles. The Morgan fingerprint density at radius 3 is 2.48 bits per heavy atom. The lowest BCUT2D eigenvalue weighted by Crippen LogP contribution is -2.56. The van der Waals surface area contributed by atoms with E-state index in [0.717, 1.165) is 37.4 Å². The molecule has 2 rings (SSSR count). The number of guanidine groups is 1. The van der Waals surface area contributed by atoms with Gasteiger partial charge in [-0.3, -0.25) is 9.89 Å². The summed E-state index contributed by atoms with van der Waals surface area (Å²) < 4.78 is 5.88. The first-order chi connectivity index (χ1) is 11.8. The summed E-state index contributed by atoms with van der Waals surface area (Å²) in [5.74, 6) is 0.969. The van der Waals surface area contributed by atoms with Crippen LogP contribution in [-0.4, -0.2) is 72.3 Å². The molecule has 4 unspecified atom stereocenters. The van der Waals surface area contributed by atoms with Gasteiger partial charge in [-0.25, -0.2) is 0 Å². The van der Waals surface area contributed by atoms with Gasteiger partial charge in [0.1, 0.15) is 0 Å². The highest BCUT2D eigenvalue weighted by molar-refractivity contribution is 7.99. The minimum atomic E-state index is 0.0339. The number of rotatable bonds is 6. The number of aliphatic imine (C=N–C) groups is 1. The Morgan fingerprint density at radius 1 is 1.24 bits per heavy atom. The Morgan fingerprint density at radius 2 is 1.92 bits per heavy atom. The zero-order chi connectivity index (χ0) is 18.4. The first-order valence-electron chi connectivity index (χ1n) is 9.82. The summed E-state index contributed by atoms with van der Waals surface area (Å²) in [4.78, 5) is 7.46. The third-order valence-corrected chi connectivity index (χ3v) is 6.40. The Bertz CT molecular complexity index is 433. The van der Waals surface area contributed by atoms with Crippen LogP contribution < -0.4 is 10.6 Å². The monoisotopic (exact) mass is 370 g/mol. The molecule has 2 N–H and O–H groups in total. The molecule has 0 spiro atoms. The van der Waals surface area contributed by atoms with Gasteiger partial charge in [-0.1, -0.05) is 0 Å². The number of morpholine rings is 1. The minimum absolute atomic E-state index is 0.0339. The van der Waals surface area contributed by atoms with Crippen molar-refractivity contribution in [2.24, 2.45) is 4.99 Å². The summed E-state index contributed by atoms with van der Waals surface area (Å²) >= 11 is 1.99. The van der Waals surface area contributed by atoms with Crippen molar-refractivity contribution in [2.75, 3.05) is 32.4 Å². The molecule has 0 aromatic carbocycles. The van der Waals surface area contributed by atoms with Gasteiger partial charge in [0, 0.05) is 36.5 Å². The molecule has 0 bridgehead atoms. The summed E-state index contributed by atoms with van der Waals surface area (Å²) in [6.45, 7) is 14.7. The van der Waals surface area contributed by atoms with Gasteiger partial charge in [0.25, 0.3) is 0 Å². The summed E-state index contributed by atoms with van der Waals surface area (Å²) in [5.41, 5.74) is 0.0339. The molecule has 1 aliphatic heterocycles. The van der Waals surface area contributed by atoms with Gasteiger partial charge in [0.15, 0.2) is 5.96 Å². The average Bonchev–Trinajstić information content (AvgIpc) is 3.00. The Kier molecular flexibility index (Phi) is 7.90. The molecule has 1 heterocycles. The zero-order valence-corrected chi connectivity index (χ0v) is 17.8. The molecule has 4 atom stereocenters. The van der Waals surface area contributed by atoms with Crippen LogP contribution in [-0.2, 0) is 4.74 Å². The highest BCUT2D eigenvalue weighted by atomic mass is 32.2. The molecular formula is C19H38N4OS. The van der Waals surface area contributed by atoms with E-state index in [4.69, 9.17) is 9.73 Å². The minimum Gasteiger partial charge on any atom is -0.373 e. The quantitative estimate of drug-likeness (QED) is 0.556. The molecule has 0 amide bonds. The SMILES string of the molecule is CCNC(=NCC(C)(C)N1CC(C)OC(C)C1)NC1CCC(SC)C1. The summed E-state index contributed by atoms with van der Waals surface area (Å²) in [7, 11) is 0. The molecule has 5 nitrogen and oxygen atoms in total. The van der Waals surface area contributed by atoms with Crippen LogP contribution in [0.25, 0.3) is 0 Å². The van der Waals surface area contributed by atoms with Crippen molar-refractivity contribution < 1.29 is 4.74 Å². The van der Waals surface area contributed by atoms with Gasteiger partial charge in [0.05, 0.1) is 18.8 Å². The van der Waals surface area contributed by atoms with Crippen molar-refractivity contribution in [1.29, 1.82) is 0 Å². The molecule has 1 saturated carbocycles. The van der Waals surface area contributed by atoms with Gasteiger partial charge in [0.2, 0.25) is 0 Å². The van der Waals surface area contributed by atoms with Gasteiger partial charge < -0.3 is 15.4 Å². The van der Waals surface area contributed by atoms with Crippen molar-refractivity contribution in [3.63, 3.8) is 0 Å². The van der Waals surface area contributed by atoms with Crippen LogP contribution in [0.5, 0.6) is 0 Å². The lowest BCUT2D eigenvalue weighted by Gasteiger charge is -2.44. The molecule has 6 heteroatoms. The molecular weight excluding hydrogens is 332 g/mol. The first-order valence-corrected chi connectivity index (χ1v) is 11.1. The lowest BCUT2D eigenvalue weighted by atomic mass is 10.0. The number of thioether (sulfide) groups is 1. The van der Waals surface area contributed by atoms with Crippen LogP contribution in [0.1, 0.15) is 53.9 Å². The molecule has 2 fully saturated rings. The molecule has 2 aliphatic rings. The number of hydrogen-bond donors (Lipinski definition) is 2. The maximum atomic E-state index is 5.88. The van der Waals surface area contributed by atoms with Crippen LogP contribution in [0.15, 0.2) is 4.99 Å². The van der Waals surface area contributed by atoms with E-state index >= 15 is 0 Å². The molecule has 1 aliphatic carbocycles. The highest BCUT2D eigenvalue weighted by Crippen LogP contribution is 2.28. The average molecular weight is 371 g/mol. The van der Waals surface area contributed by atoms with E-state index in [1.807, 2.05) is 11.8 Å². The van der Waals surface area contributed by atoms with Crippen molar-refractivity contribution in [1.82, 2.24) is 15.5 Å². The fourth-order valence-electron chi connectivity index (χ4n) is 3.84. The van der Waals surface area contributed by atoms with Crippen molar-refractivity contribution in [3.8, 4) is 0 Å². The molecule has 0 aromatic rings. The Balaban J connectivity index is 1.94. The fraction of sp³-hybridized carbons (Fsp3) is 0.947. The molecule has 25 heavy (non-hydrogen) atoms. The summed E-state index contributed by atoms with van der Waals surface area (Å²) in [5, 5.41) is 7.88. The maximum absolute atomic E-state index is 5.88. The topological polar surface area (TPSA) is 48.9 Å². The first kappa shape index (κ1) is 20.8. The van der Waals surface area contributed by atoms with E-state index in [-0.39, 0.29) is 5.54 Å². The van der Waals surface area contributed by atoms with E-state index < -0.39 is 0 Å². The van der Waals surface area contributed by atoms with E-state index in [1.54, 1.807) is 0 Å². The summed E-state index contributed by atoms with van der Waals surface area (Å²) in [6.07, 6.45) is 6.61. The fourth-order valence-corrected chi connectivity index (χ4v) is 4.64. The van der Waals surface area contributed by atoms with Crippen molar-refractivity contribution in [2.45, 2.75) is 82.9 Å². The normalized spacial score (nSPS) is 32.0. The van der Waals surface area contributed by atoms with Gasteiger partial charge >= 0.3 is 0 Å². The van der Waals surface area contributed by atoms with Crippen molar-refractivity contribution in [3.05, 3.63) is 0 Å². The van der Waals surface area contributed by atoms with Crippen LogP contribution >= 0.6 is 11.8 Å². The van der Waals surface area contributed by atoms with E-state index in [2.05, 4.69) is 56.4 Å². The Labute approximate surface area is 158 Å². The van der Waals surface area contributed by atoms with E-state index in [1.165, 1.54) is 19.3 Å². The predicted octanol–water partition coefficient (Wildman–Crippen LogP) is 2.71. The predicted molar refractivity (Wildman–Crippen MR) is 110 cm³/mol. The van der Waals surface area contributed by atoms with Gasteiger partial charge in [-0.05, 0) is 60.1 Å². The number of nitrogens with zero attached hydrogens (tertiary/aromatic N) is 2.